The van der Waals surface area contributed by atoms with Gasteiger partial charge in [-0.25, -0.2) is 9.78 Å². The van der Waals surface area contributed by atoms with Crippen LogP contribution in [0.15, 0.2) is 28.9 Å². The number of carbonyl (C=O) groups is 2. The third-order valence-electron chi connectivity index (χ3n) is 2.43. The van der Waals surface area contributed by atoms with Gasteiger partial charge in [0.2, 0.25) is 0 Å². The van der Waals surface area contributed by atoms with Crippen LogP contribution in [0.5, 0.6) is 5.75 Å². The van der Waals surface area contributed by atoms with E-state index in [-0.39, 0.29) is 21.4 Å². The van der Waals surface area contributed by atoms with Gasteiger partial charge in [-0.1, -0.05) is 15.9 Å². The van der Waals surface area contributed by atoms with Crippen molar-refractivity contribution in [2.24, 2.45) is 0 Å². The van der Waals surface area contributed by atoms with Crippen LogP contribution >= 0.6 is 27.3 Å². The number of aromatic hydroxyl groups is 1. The molecule has 0 atom stereocenters. The van der Waals surface area contributed by atoms with Crippen LogP contribution < -0.4 is 5.32 Å². The van der Waals surface area contributed by atoms with Crippen LogP contribution in [0.4, 0.5) is 10.1 Å². The third-order valence-corrected chi connectivity index (χ3v) is 3.79. The van der Waals surface area contributed by atoms with Gasteiger partial charge in [0.1, 0.15) is 17.5 Å². The number of esters is 1. The molecule has 0 spiro atoms. The van der Waals surface area contributed by atoms with E-state index in [0.29, 0.717) is 15.8 Å². The lowest BCUT2D eigenvalue weighted by molar-refractivity contribution is -0.380. The lowest BCUT2D eigenvalue weighted by Gasteiger charge is -2.06. The number of thiazole rings is 1. The van der Waals surface area contributed by atoms with E-state index in [1.54, 1.807) is 0 Å². The van der Waals surface area contributed by atoms with E-state index < -0.39 is 23.4 Å². The monoisotopic (exact) mass is 401 g/mol. The van der Waals surface area contributed by atoms with E-state index in [0.717, 1.165) is 6.20 Å². The van der Waals surface area contributed by atoms with Crippen LogP contribution in [0.2, 0.25) is 0 Å². The van der Waals surface area contributed by atoms with Crippen molar-refractivity contribution in [1.82, 2.24) is 4.98 Å². The Morgan fingerprint density at radius 2 is 2.22 bits per heavy atom. The summed E-state index contributed by atoms with van der Waals surface area (Å²) in [6.07, 6.45) is 1.01. The molecule has 1 amide bonds. The zero-order chi connectivity index (χ0) is 17.0. The minimum atomic E-state index is -0.885. The molecule has 0 saturated carbocycles. The third kappa shape index (κ3) is 4.47. The molecule has 11 heteroatoms. The van der Waals surface area contributed by atoms with Crippen LogP contribution in [0.3, 0.4) is 0 Å². The second-order valence-electron chi connectivity index (χ2n) is 4.05. The van der Waals surface area contributed by atoms with Crippen LogP contribution in [0.1, 0.15) is 10.4 Å². The van der Waals surface area contributed by atoms with Crippen LogP contribution in [0, 0.1) is 10.1 Å². The number of nitrogens with zero attached hydrogens (tertiary/aromatic N) is 2. The molecule has 1 heterocycles. The van der Waals surface area contributed by atoms with Crippen molar-refractivity contribution in [2.75, 3.05) is 11.9 Å². The van der Waals surface area contributed by atoms with Crippen molar-refractivity contribution in [3.05, 3.63) is 44.5 Å². The van der Waals surface area contributed by atoms with E-state index in [2.05, 4.69) is 26.2 Å². The van der Waals surface area contributed by atoms with E-state index >= 15 is 0 Å². The number of phenolic OH excluding ortho intramolecular Hbond substituents is 1. The molecule has 0 aliphatic carbocycles. The fourth-order valence-corrected chi connectivity index (χ4v) is 2.45. The summed E-state index contributed by atoms with van der Waals surface area (Å²) in [6, 6.07) is 4.18. The van der Waals surface area contributed by atoms with Gasteiger partial charge in [-0.05, 0) is 29.5 Å². The fraction of sp³-hybridized carbons (Fsp3) is 0.0833. The first-order chi connectivity index (χ1) is 10.9. The van der Waals surface area contributed by atoms with Crippen LogP contribution in [-0.2, 0) is 9.53 Å². The molecule has 0 saturated heterocycles. The van der Waals surface area contributed by atoms with Crippen molar-refractivity contribution in [3.63, 3.8) is 0 Å². The molecular weight excluding hydrogens is 394 g/mol. The first-order valence-electron chi connectivity index (χ1n) is 5.92. The maximum absolute atomic E-state index is 11.8. The lowest BCUT2D eigenvalue weighted by atomic mass is 10.2. The number of aromatic nitrogens is 1. The number of hydrogen-bond acceptors (Lipinski definition) is 8. The molecule has 23 heavy (non-hydrogen) atoms. The Morgan fingerprint density at radius 3 is 2.87 bits per heavy atom. The number of nitro groups is 1. The summed E-state index contributed by atoms with van der Waals surface area (Å²) in [5.41, 5.74) is -0.0999. The number of rotatable bonds is 5. The normalized spacial score (nSPS) is 10.1. The molecule has 1 aromatic carbocycles. The van der Waals surface area contributed by atoms with Gasteiger partial charge in [0.25, 0.3) is 5.91 Å². The topological polar surface area (TPSA) is 132 Å². The van der Waals surface area contributed by atoms with Crippen molar-refractivity contribution in [2.45, 2.75) is 0 Å². The zero-order valence-corrected chi connectivity index (χ0v) is 13.6. The minimum Gasteiger partial charge on any atom is -0.507 e. The number of phenols is 1. The summed E-state index contributed by atoms with van der Waals surface area (Å²) < 4.78 is 5.32. The zero-order valence-electron chi connectivity index (χ0n) is 11.2. The largest absolute Gasteiger partial charge is 0.507 e. The molecule has 2 N–H and O–H groups in total. The van der Waals surface area contributed by atoms with Crippen LogP contribution in [-0.4, -0.2) is 33.5 Å². The standard InChI is InChI=1S/C12H8BrN3O6S/c13-6-1-2-8(17)7(3-6)11(19)22-5-9(18)15-12-14-4-10(23-12)16(20)21/h1-4,17H,5H2,(H,14,15,18). The summed E-state index contributed by atoms with van der Waals surface area (Å²) in [6.45, 7) is -0.627. The predicted octanol–water partition coefficient (Wildman–Crippen LogP) is 2.31. The molecule has 2 aromatic rings. The minimum absolute atomic E-state index is 0.0167. The van der Waals surface area contributed by atoms with Crippen molar-refractivity contribution < 1.29 is 24.4 Å². The van der Waals surface area contributed by atoms with Gasteiger partial charge >= 0.3 is 11.0 Å². The van der Waals surface area contributed by atoms with Gasteiger partial charge in [0.05, 0.1) is 4.92 Å². The second-order valence-corrected chi connectivity index (χ2v) is 5.97. The number of carbonyl (C=O) groups excluding carboxylic acids is 2. The number of ether oxygens (including phenoxy) is 1. The van der Waals surface area contributed by atoms with Crippen LogP contribution in [0.25, 0.3) is 0 Å². The number of hydrogen-bond donors (Lipinski definition) is 2. The summed E-state index contributed by atoms with van der Waals surface area (Å²) >= 11 is 3.82. The molecule has 2 rings (SSSR count). The summed E-state index contributed by atoms with van der Waals surface area (Å²) in [5.74, 6) is -1.88. The molecule has 0 bridgehead atoms. The fourth-order valence-electron chi connectivity index (χ4n) is 1.44. The van der Waals surface area contributed by atoms with Crippen molar-refractivity contribution >= 4 is 49.3 Å². The number of nitrogens with one attached hydrogen (secondary N) is 1. The molecule has 0 aliphatic heterocycles. The van der Waals surface area contributed by atoms with E-state index in [9.17, 15) is 24.8 Å². The van der Waals surface area contributed by atoms with Crippen molar-refractivity contribution in [3.8, 4) is 5.75 Å². The molecule has 9 nitrogen and oxygen atoms in total. The van der Waals surface area contributed by atoms with Gasteiger partial charge in [-0.3, -0.25) is 20.2 Å². The highest BCUT2D eigenvalue weighted by Crippen LogP contribution is 2.25. The molecule has 120 valence electrons. The number of benzene rings is 1. The quantitative estimate of drug-likeness (QED) is 0.446. The molecule has 0 aliphatic rings. The average Bonchev–Trinajstić information content (AvgIpc) is 2.96. The van der Waals surface area contributed by atoms with E-state index in [4.69, 9.17) is 4.74 Å². The van der Waals surface area contributed by atoms with Gasteiger partial charge in [-0.2, -0.15) is 0 Å². The first-order valence-corrected chi connectivity index (χ1v) is 7.53. The Balaban J connectivity index is 1.92. The van der Waals surface area contributed by atoms with Gasteiger partial charge in [0.15, 0.2) is 11.7 Å². The number of halogens is 1. The Labute approximate surface area is 141 Å². The smallest absolute Gasteiger partial charge is 0.345 e. The SMILES string of the molecule is O=C(COC(=O)c1cc(Br)ccc1O)Nc1ncc([N+](=O)[O-])s1. The highest BCUT2D eigenvalue weighted by molar-refractivity contribution is 9.10. The lowest BCUT2D eigenvalue weighted by Crippen LogP contribution is -2.20. The maximum atomic E-state index is 11.8. The maximum Gasteiger partial charge on any atom is 0.345 e. The van der Waals surface area contributed by atoms with Gasteiger partial charge < -0.3 is 9.84 Å². The highest BCUT2D eigenvalue weighted by Gasteiger charge is 2.17. The van der Waals surface area contributed by atoms with Gasteiger partial charge in [0, 0.05) is 4.47 Å². The number of anilines is 1. The first kappa shape index (κ1) is 16.8. The predicted molar refractivity (Wildman–Crippen MR) is 83.5 cm³/mol. The Hall–Kier alpha value is -2.53. The second kappa shape index (κ2) is 7.15. The molecular formula is C12H8BrN3O6S. The molecule has 0 radical (unpaired) electrons. The molecule has 0 unspecified atom stereocenters. The molecule has 1 aromatic heterocycles. The highest BCUT2D eigenvalue weighted by atomic mass is 79.9. The average molecular weight is 402 g/mol. The summed E-state index contributed by atoms with van der Waals surface area (Å²) in [7, 11) is 0. The van der Waals surface area contributed by atoms with E-state index in [1.807, 2.05) is 0 Å². The Bertz CT molecular complexity index is 778. The van der Waals surface area contributed by atoms with Crippen molar-refractivity contribution in [1.29, 1.82) is 0 Å². The Morgan fingerprint density at radius 1 is 1.48 bits per heavy atom. The van der Waals surface area contributed by atoms with E-state index in [1.165, 1.54) is 18.2 Å². The Kier molecular flexibility index (Phi) is 5.24. The molecule has 0 fully saturated rings. The summed E-state index contributed by atoms with van der Waals surface area (Å²) in [4.78, 5) is 36.9. The summed E-state index contributed by atoms with van der Waals surface area (Å²) in [5, 5.41) is 22.1. The number of amides is 1. The van der Waals surface area contributed by atoms with Gasteiger partial charge in [-0.15, -0.1) is 0 Å².